The van der Waals surface area contributed by atoms with E-state index in [0.29, 0.717) is 5.69 Å². The van der Waals surface area contributed by atoms with Crippen molar-refractivity contribution in [3.63, 3.8) is 0 Å². The van der Waals surface area contributed by atoms with Crippen molar-refractivity contribution in [3.8, 4) is 23.0 Å². The average Bonchev–Trinajstić information content (AvgIpc) is 2.35. The van der Waals surface area contributed by atoms with Crippen molar-refractivity contribution in [2.45, 2.75) is 0 Å². The van der Waals surface area contributed by atoms with Crippen molar-refractivity contribution in [3.05, 3.63) is 36.4 Å². The van der Waals surface area contributed by atoms with Gasteiger partial charge in [-0.25, -0.2) is 4.79 Å². The van der Waals surface area contributed by atoms with Gasteiger partial charge < -0.3 is 31.1 Å². The summed E-state index contributed by atoms with van der Waals surface area (Å²) >= 11 is 0. The molecule has 104 valence electrons. The molecule has 0 aliphatic heterocycles. The third-order valence-electron chi connectivity index (χ3n) is 2.43. The molecule has 6 N–H and O–H groups in total. The van der Waals surface area contributed by atoms with Crippen LogP contribution in [0.3, 0.4) is 0 Å². The SMILES string of the molecule is O=C(Nc1cccc(O)c1)Nc1cc(O)c(O)c(O)c1. The molecule has 2 aromatic carbocycles. The zero-order valence-corrected chi connectivity index (χ0v) is 10.2. The van der Waals surface area contributed by atoms with Gasteiger partial charge in [0.25, 0.3) is 0 Å². The largest absolute Gasteiger partial charge is 0.508 e. The minimum Gasteiger partial charge on any atom is -0.508 e. The molecule has 0 atom stereocenters. The van der Waals surface area contributed by atoms with Gasteiger partial charge in [-0.2, -0.15) is 0 Å². The minimum absolute atomic E-state index is 0.00252. The molecule has 0 saturated heterocycles. The predicted molar refractivity (Wildman–Crippen MR) is 72.2 cm³/mol. The van der Waals surface area contributed by atoms with Crippen LogP contribution >= 0.6 is 0 Å². The van der Waals surface area contributed by atoms with E-state index >= 15 is 0 Å². The van der Waals surface area contributed by atoms with E-state index in [1.807, 2.05) is 0 Å². The third kappa shape index (κ3) is 3.02. The van der Waals surface area contributed by atoms with Gasteiger partial charge in [0.05, 0.1) is 5.69 Å². The number of aromatic hydroxyl groups is 4. The summed E-state index contributed by atoms with van der Waals surface area (Å²) in [7, 11) is 0. The summed E-state index contributed by atoms with van der Waals surface area (Å²) in [6.07, 6.45) is 0. The smallest absolute Gasteiger partial charge is 0.323 e. The maximum Gasteiger partial charge on any atom is 0.323 e. The van der Waals surface area contributed by atoms with Gasteiger partial charge in [-0.15, -0.1) is 0 Å². The molecular weight excluding hydrogens is 264 g/mol. The van der Waals surface area contributed by atoms with Crippen molar-refractivity contribution in [2.24, 2.45) is 0 Å². The van der Waals surface area contributed by atoms with Crippen LogP contribution in [0.1, 0.15) is 0 Å². The highest BCUT2D eigenvalue weighted by molar-refractivity contribution is 6.00. The second-order valence-electron chi connectivity index (χ2n) is 3.99. The maximum atomic E-state index is 11.7. The zero-order chi connectivity index (χ0) is 14.7. The van der Waals surface area contributed by atoms with Gasteiger partial charge in [0.1, 0.15) is 5.75 Å². The van der Waals surface area contributed by atoms with Crippen LogP contribution in [0.15, 0.2) is 36.4 Å². The number of carbonyl (C=O) groups excluding carboxylic acids is 1. The number of anilines is 2. The van der Waals surface area contributed by atoms with E-state index in [2.05, 4.69) is 10.6 Å². The molecule has 2 amide bonds. The van der Waals surface area contributed by atoms with Crippen LogP contribution < -0.4 is 10.6 Å². The van der Waals surface area contributed by atoms with Crippen LogP contribution in [0.5, 0.6) is 23.0 Å². The fourth-order valence-corrected chi connectivity index (χ4v) is 1.55. The quantitative estimate of drug-likeness (QED) is 0.370. The summed E-state index contributed by atoms with van der Waals surface area (Å²) in [6, 6.07) is 7.47. The van der Waals surface area contributed by atoms with Crippen molar-refractivity contribution in [1.82, 2.24) is 0 Å². The Kier molecular flexibility index (Phi) is 3.52. The Morgan fingerprint density at radius 1 is 0.850 bits per heavy atom. The van der Waals surface area contributed by atoms with Gasteiger partial charge >= 0.3 is 6.03 Å². The highest BCUT2D eigenvalue weighted by atomic mass is 16.3. The minimum atomic E-state index is -0.663. The van der Waals surface area contributed by atoms with E-state index in [9.17, 15) is 25.2 Å². The number of carbonyl (C=O) groups is 1. The first-order valence-electron chi connectivity index (χ1n) is 5.57. The molecule has 0 spiro atoms. The molecule has 2 aromatic rings. The Hall–Kier alpha value is -3.09. The molecule has 7 heteroatoms. The van der Waals surface area contributed by atoms with Gasteiger partial charge in [0.15, 0.2) is 17.2 Å². The molecule has 0 fully saturated rings. The number of phenols is 4. The first-order valence-corrected chi connectivity index (χ1v) is 5.57. The molecule has 20 heavy (non-hydrogen) atoms. The van der Waals surface area contributed by atoms with Crippen LogP contribution in [0, 0.1) is 0 Å². The average molecular weight is 276 g/mol. The van der Waals surface area contributed by atoms with E-state index < -0.39 is 23.3 Å². The number of rotatable bonds is 2. The van der Waals surface area contributed by atoms with Crippen LogP contribution in [0.2, 0.25) is 0 Å². The monoisotopic (exact) mass is 276 g/mol. The number of amides is 2. The lowest BCUT2D eigenvalue weighted by molar-refractivity contribution is 0.262. The van der Waals surface area contributed by atoms with Crippen molar-refractivity contribution >= 4 is 17.4 Å². The Morgan fingerprint density at radius 3 is 2.05 bits per heavy atom. The van der Waals surface area contributed by atoms with Gasteiger partial charge in [-0.1, -0.05) is 6.07 Å². The van der Waals surface area contributed by atoms with Gasteiger partial charge in [-0.05, 0) is 12.1 Å². The molecular formula is C13H12N2O5. The number of benzene rings is 2. The normalized spacial score (nSPS) is 10.0. The van der Waals surface area contributed by atoms with Gasteiger partial charge in [0.2, 0.25) is 0 Å². The number of phenolic OH excluding ortho intramolecular Hbond substituents is 4. The summed E-state index contributed by atoms with van der Waals surface area (Å²) < 4.78 is 0. The molecule has 7 nitrogen and oxygen atoms in total. The highest BCUT2D eigenvalue weighted by Gasteiger charge is 2.10. The summed E-state index contributed by atoms with van der Waals surface area (Å²) in [6.45, 7) is 0. The fraction of sp³-hybridized carbons (Fsp3) is 0. The van der Waals surface area contributed by atoms with E-state index in [4.69, 9.17) is 0 Å². The molecule has 0 unspecified atom stereocenters. The Balaban J connectivity index is 2.09. The first-order chi connectivity index (χ1) is 9.45. The van der Waals surface area contributed by atoms with Gasteiger partial charge in [0, 0.05) is 23.9 Å². The first kappa shape index (κ1) is 13.3. The van der Waals surface area contributed by atoms with Crippen molar-refractivity contribution in [1.29, 1.82) is 0 Å². The van der Waals surface area contributed by atoms with Crippen molar-refractivity contribution < 1.29 is 25.2 Å². The number of hydrogen-bond donors (Lipinski definition) is 6. The van der Waals surface area contributed by atoms with Gasteiger partial charge in [-0.3, -0.25) is 0 Å². The molecule has 0 aliphatic rings. The Labute approximate surface area is 113 Å². The lowest BCUT2D eigenvalue weighted by Gasteiger charge is -2.09. The van der Waals surface area contributed by atoms with Crippen LogP contribution in [-0.2, 0) is 0 Å². The number of hydrogen-bond acceptors (Lipinski definition) is 5. The molecule has 0 aromatic heterocycles. The van der Waals surface area contributed by atoms with E-state index in [-0.39, 0.29) is 11.4 Å². The fourth-order valence-electron chi connectivity index (χ4n) is 1.55. The summed E-state index contributed by atoms with van der Waals surface area (Å²) in [4.78, 5) is 11.7. The van der Waals surface area contributed by atoms with E-state index in [0.717, 1.165) is 12.1 Å². The molecule has 0 heterocycles. The van der Waals surface area contributed by atoms with E-state index in [1.54, 1.807) is 12.1 Å². The Morgan fingerprint density at radius 2 is 1.45 bits per heavy atom. The summed E-state index contributed by atoms with van der Waals surface area (Å²) in [5, 5.41) is 41.8. The second-order valence-corrected chi connectivity index (χ2v) is 3.99. The number of urea groups is 1. The third-order valence-corrected chi connectivity index (χ3v) is 2.43. The standard InChI is InChI=1S/C13H12N2O5/c16-9-3-1-2-7(4-9)14-13(20)15-8-5-10(17)12(19)11(18)6-8/h1-6,16-19H,(H2,14,15,20). The molecule has 2 rings (SSSR count). The zero-order valence-electron chi connectivity index (χ0n) is 10.2. The predicted octanol–water partition coefficient (Wildman–Crippen LogP) is 2.15. The second kappa shape index (κ2) is 5.27. The lowest BCUT2D eigenvalue weighted by atomic mass is 10.2. The molecule has 0 saturated carbocycles. The number of nitrogens with one attached hydrogen (secondary N) is 2. The molecule has 0 aliphatic carbocycles. The summed E-state index contributed by atoms with van der Waals surface area (Å²) in [5.41, 5.74) is 0.463. The topological polar surface area (TPSA) is 122 Å². The van der Waals surface area contributed by atoms with Crippen LogP contribution in [0.4, 0.5) is 16.2 Å². The van der Waals surface area contributed by atoms with Crippen molar-refractivity contribution in [2.75, 3.05) is 10.6 Å². The maximum absolute atomic E-state index is 11.7. The van der Waals surface area contributed by atoms with Crippen LogP contribution in [-0.4, -0.2) is 26.5 Å². The van der Waals surface area contributed by atoms with E-state index in [1.165, 1.54) is 12.1 Å². The Bertz CT molecular complexity index is 634. The highest BCUT2D eigenvalue weighted by Crippen LogP contribution is 2.37. The molecule has 0 bridgehead atoms. The summed E-state index contributed by atoms with van der Waals surface area (Å²) in [5.74, 6) is -1.78. The molecule has 0 radical (unpaired) electrons. The lowest BCUT2D eigenvalue weighted by Crippen LogP contribution is -2.19. The van der Waals surface area contributed by atoms with Crippen LogP contribution in [0.25, 0.3) is 0 Å².